The van der Waals surface area contributed by atoms with Gasteiger partial charge in [0.2, 0.25) is 17.8 Å². The third kappa shape index (κ3) is 8.44. The number of nitrogens with zero attached hydrogens (tertiary/aromatic N) is 7. The molecule has 68 heavy (non-hydrogen) atoms. The fourth-order valence-electron chi connectivity index (χ4n) is 11.0. The molecule has 7 heterocycles. The van der Waals surface area contributed by atoms with Crippen molar-refractivity contribution in [3.05, 3.63) is 74.7 Å². The van der Waals surface area contributed by atoms with Crippen molar-refractivity contribution in [3.63, 3.8) is 0 Å². The Balaban J connectivity index is 0.682. The molecule has 2 aromatic heterocycles. The molecule has 4 saturated heterocycles. The largest absolute Gasteiger partial charge is 0.478 e. The lowest BCUT2D eigenvalue weighted by Crippen LogP contribution is -2.62. The molecule has 358 valence electrons. The maximum Gasteiger partial charge on any atom is 0.293 e. The van der Waals surface area contributed by atoms with Gasteiger partial charge in [-0.1, -0.05) is 11.6 Å². The molecule has 0 unspecified atom stereocenters. The predicted molar refractivity (Wildman–Crippen MR) is 255 cm³/mol. The first kappa shape index (κ1) is 45.7. The number of hydrogen-bond acceptors (Lipinski definition) is 14. The van der Waals surface area contributed by atoms with Crippen molar-refractivity contribution in [3.8, 4) is 5.75 Å². The van der Waals surface area contributed by atoms with E-state index in [1.165, 1.54) is 7.05 Å². The molecule has 19 heteroatoms. The minimum atomic E-state index is -0.977. The molecule has 1 saturated carbocycles. The van der Waals surface area contributed by atoms with Crippen molar-refractivity contribution in [1.29, 1.82) is 0 Å². The van der Waals surface area contributed by atoms with Crippen LogP contribution in [0.25, 0.3) is 10.9 Å². The molecule has 3 N–H and O–H groups in total. The number of carbonyl (C=O) groups excluding carboxylic acids is 5. The number of ether oxygens (including phenoxy) is 2. The van der Waals surface area contributed by atoms with E-state index in [0.717, 1.165) is 105 Å². The number of nitrogens with one attached hydrogen (secondary N) is 3. The molecule has 0 radical (unpaired) electrons. The van der Waals surface area contributed by atoms with Crippen molar-refractivity contribution in [2.24, 2.45) is 5.41 Å². The van der Waals surface area contributed by atoms with Gasteiger partial charge in [-0.15, -0.1) is 0 Å². The number of halogens is 1. The second-order valence-electron chi connectivity index (χ2n) is 19.5. The first-order valence-corrected chi connectivity index (χ1v) is 24.1. The Morgan fingerprint density at radius 1 is 0.941 bits per heavy atom. The van der Waals surface area contributed by atoms with Gasteiger partial charge in [0, 0.05) is 73.9 Å². The van der Waals surface area contributed by atoms with Crippen LogP contribution in [-0.4, -0.2) is 131 Å². The first-order valence-electron chi connectivity index (χ1n) is 23.8. The molecule has 4 aromatic rings. The van der Waals surface area contributed by atoms with Crippen molar-refractivity contribution < 1.29 is 33.4 Å². The van der Waals surface area contributed by atoms with E-state index in [1.807, 2.05) is 45.0 Å². The Morgan fingerprint density at radius 3 is 2.40 bits per heavy atom. The zero-order valence-corrected chi connectivity index (χ0v) is 39.6. The highest BCUT2D eigenvalue weighted by Gasteiger charge is 2.50. The van der Waals surface area contributed by atoms with Gasteiger partial charge in [-0.2, -0.15) is 4.98 Å². The van der Waals surface area contributed by atoms with Crippen LogP contribution in [0.2, 0.25) is 5.02 Å². The number of benzene rings is 2. The number of hydrogen-bond donors (Lipinski definition) is 3. The number of likely N-dealkylation sites (tertiary alicyclic amines) is 1. The van der Waals surface area contributed by atoms with Gasteiger partial charge in [-0.25, -0.2) is 4.98 Å². The molecule has 5 fully saturated rings. The molecule has 10 rings (SSSR count). The Kier molecular flexibility index (Phi) is 12.1. The van der Waals surface area contributed by atoms with Gasteiger partial charge >= 0.3 is 0 Å². The van der Waals surface area contributed by atoms with Crippen LogP contribution in [0, 0.1) is 12.3 Å². The Labute approximate surface area is 398 Å². The number of pyridine rings is 1. The number of fused-ring (bicyclic) bond motifs is 2. The lowest BCUT2D eigenvalue weighted by Gasteiger charge is -2.57. The monoisotopic (exact) mass is 948 g/mol. The van der Waals surface area contributed by atoms with Gasteiger partial charge in [0.25, 0.3) is 23.3 Å². The summed E-state index contributed by atoms with van der Waals surface area (Å²) in [6, 6.07) is 10.4. The number of carbonyl (C=O) groups is 5. The van der Waals surface area contributed by atoms with Gasteiger partial charge in [-0.05, 0) is 121 Å². The second-order valence-corrected chi connectivity index (χ2v) is 20.0. The zero-order valence-electron chi connectivity index (χ0n) is 38.8. The van der Waals surface area contributed by atoms with E-state index in [4.69, 9.17) is 26.1 Å². The highest BCUT2D eigenvalue weighted by Crippen LogP contribution is 2.46. The average Bonchev–Trinajstić information content (AvgIpc) is 3.55. The van der Waals surface area contributed by atoms with Crippen LogP contribution in [0.15, 0.2) is 47.4 Å². The number of aromatic nitrogens is 3. The summed E-state index contributed by atoms with van der Waals surface area (Å²) >= 11 is 6.61. The van der Waals surface area contributed by atoms with Crippen LogP contribution < -0.4 is 36.0 Å². The van der Waals surface area contributed by atoms with E-state index in [1.54, 1.807) is 22.9 Å². The SMILES string of the molecule is CNC(=O)COc1cc2cc(Nc3nc(N4CCC(OC5CC(N6CCC7(CC6)CN(c6ccc8c(c6C)C(=O)N([C@@H]6CCC(=O)NC6=O)C8=O)C7)C5)CC4)ncc3Cl)ccc2n(C(C)C)c1=O. The van der Waals surface area contributed by atoms with Gasteiger partial charge in [0.15, 0.2) is 18.2 Å². The molecule has 1 aliphatic carbocycles. The highest BCUT2D eigenvalue weighted by atomic mass is 35.5. The first-order chi connectivity index (χ1) is 32.7. The predicted octanol–water partition coefficient (Wildman–Crippen LogP) is 4.72. The second kappa shape index (κ2) is 18.1. The molecule has 5 aliphatic heterocycles. The van der Waals surface area contributed by atoms with Crippen LogP contribution in [0.5, 0.6) is 5.75 Å². The maximum atomic E-state index is 13.6. The molecule has 1 spiro atoms. The number of imide groups is 2. The summed E-state index contributed by atoms with van der Waals surface area (Å²) in [4.78, 5) is 93.9. The molecular weight excluding hydrogens is 892 g/mol. The average molecular weight is 950 g/mol. The Bertz CT molecular complexity index is 2770. The standard InChI is InChI=1S/C49H57ClN10O8/c1-27(2)59-37-7-5-30(19-29(37)20-39(46(59)65)67-24-41(62)51-4)53-43-35(50)23-52-48(55-43)57-15-11-32(12-16-57)68-33-21-31(22-33)56-17-13-49(14-18-56)25-58(26-49)36-8-6-34-42(28(36)3)47(66)60(45(34)64)38-9-10-40(61)54-44(38)63/h5-8,19-20,23,27,31-33,38H,9-18,21-22,24-26H2,1-4H3,(H,51,62)(H,52,53,55)(H,54,61,63)/t31?,33?,38-/m1/s1. The molecule has 0 bridgehead atoms. The van der Waals surface area contributed by atoms with Gasteiger partial charge in [0.1, 0.15) is 11.1 Å². The highest BCUT2D eigenvalue weighted by molar-refractivity contribution is 6.33. The molecule has 6 aliphatic rings. The zero-order chi connectivity index (χ0) is 47.6. The van der Waals surface area contributed by atoms with E-state index >= 15 is 0 Å². The minimum Gasteiger partial charge on any atom is -0.478 e. The fraction of sp³-hybridized carbons (Fsp3) is 0.510. The van der Waals surface area contributed by atoms with Crippen LogP contribution >= 0.6 is 11.6 Å². The lowest BCUT2D eigenvalue weighted by molar-refractivity contribution is -0.136. The van der Waals surface area contributed by atoms with Crippen molar-refractivity contribution >= 4 is 75.2 Å². The van der Waals surface area contributed by atoms with Crippen molar-refractivity contribution in [1.82, 2.24) is 35.0 Å². The third-order valence-corrected chi connectivity index (χ3v) is 15.2. The molecular formula is C49H57ClN10O8. The summed E-state index contributed by atoms with van der Waals surface area (Å²) in [5.74, 6) is -1.12. The van der Waals surface area contributed by atoms with E-state index < -0.39 is 23.8 Å². The van der Waals surface area contributed by atoms with E-state index in [0.29, 0.717) is 39.6 Å². The minimum absolute atomic E-state index is 0.0915. The summed E-state index contributed by atoms with van der Waals surface area (Å²) in [7, 11) is 1.51. The quantitative estimate of drug-likeness (QED) is 0.165. The third-order valence-electron chi connectivity index (χ3n) is 14.9. The lowest BCUT2D eigenvalue weighted by atomic mass is 9.70. The van der Waals surface area contributed by atoms with Crippen molar-refractivity contribution in [2.45, 2.75) is 102 Å². The van der Waals surface area contributed by atoms with Crippen LogP contribution in [0.1, 0.15) is 97.5 Å². The van der Waals surface area contributed by atoms with Gasteiger partial charge in [-0.3, -0.25) is 39.0 Å². The summed E-state index contributed by atoms with van der Waals surface area (Å²) in [6.45, 7) is 10.9. The Morgan fingerprint density at radius 2 is 1.69 bits per heavy atom. The Hall–Kier alpha value is -6.11. The molecule has 18 nitrogen and oxygen atoms in total. The van der Waals surface area contributed by atoms with Gasteiger partial charge in [0.05, 0.1) is 35.0 Å². The fourth-order valence-corrected chi connectivity index (χ4v) is 11.2. The summed E-state index contributed by atoms with van der Waals surface area (Å²) < 4.78 is 13.9. The molecule has 5 amide bonds. The number of anilines is 4. The maximum absolute atomic E-state index is 13.6. The smallest absolute Gasteiger partial charge is 0.293 e. The summed E-state index contributed by atoms with van der Waals surface area (Å²) in [5.41, 5.74) is 3.77. The van der Waals surface area contributed by atoms with Crippen LogP contribution in [0.3, 0.4) is 0 Å². The van der Waals surface area contributed by atoms with Crippen LogP contribution in [0.4, 0.5) is 23.1 Å². The van der Waals surface area contributed by atoms with Crippen molar-refractivity contribution in [2.75, 3.05) is 68.0 Å². The van der Waals surface area contributed by atoms with Gasteiger partial charge < -0.3 is 39.4 Å². The number of amides is 5. The number of rotatable bonds is 12. The molecule has 2 aromatic carbocycles. The number of likely N-dealkylation sites (N-methyl/N-ethyl adjacent to an activating group) is 1. The topological polar surface area (TPSA) is 201 Å². The van der Waals surface area contributed by atoms with E-state index in [-0.39, 0.29) is 66.2 Å². The van der Waals surface area contributed by atoms with E-state index in [2.05, 4.69) is 35.6 Å². The molecule has 1 atom stereocenters. The normalized spacial score (nSPS) is 22.9. The summed E-state index contributed by atoms with van der Waals surface area (Å²) in [5, 5.41) is 9.24. The van der Waals surface area contributed by atoms with Crippen LogP contribution in [-0.2, 0) is 19.1 Å². The number of piperidine rings is 3. The summed E-state index contributed by atoms with van der Waals surface area (Å²) in [6.07, 6.45) is 8.32. The van der Waals surface area contributed by atoms with E-state index in [9.17, 15) is 28.8 Å².